The highest BCUT2D eigenvalue weighted by Crippen LogP contribution is 2.24. The maximum absolute atomic E-state index is 8.93. The quantitative estimate of drug-likeness (QED) is 0.385. The molecule has 0 radical (unpaired) electrons. The van der Waals surface area contributed by atoms with Crippen molar-refractivity contribution in [3.63, 3.8) is 0 Å². The van der Waals surface area contributed by atoms with Crippen LogP contribution < -0.4 is 0 Å². The van der Waals surface area contributed by atoms with Gasteiger partial charge in [0.05, 0.1) is 6.07 Å². The molecule has 0 bridgehead atoms. The number of nitriles is 1. The Morgan fingerprint density at radius 3 is 2.00 bits per heavy atom. The standard InChI is InChI=1S/C17H33N/c1-4-6-8-9-10-11-13-17(12-7-5-2)14-16(3)15-18/h16-17H,4-14H2,1-3H3. The summed E-state index contributed by atoms with van der Waals surface area (Å²) in [6.07, 6.45) is 14.7. The molecule has 0 aromatic rings. The highest BCUT2D eigenvalue weighted by atomic mass is 14.3. The predicted molar refractivity (Wildman–Crippen MR) is 80.4 cm³/mol. The van der Waals surface area contributed by atoms with Gasteiger partial charge in [-0.05, 0) is 19.3 Å². The van der Waals surface area contributed by atoms with E-state index in [1.54, 1.807) is 0 Å². The first-order valence-electron chi connectivity index (χ1n) is 8.14. The second-order valence-corrected chi connectivity index (χ2v) is 5.83. The molecule has 0 saturated heterocycles. The normalized spacial score (nSPS) is 14.1. The smallest absolute Gasteiger partial charge is 0.0652 e. The first-order chi connectivity index (χ1) is 8.74. The molecule has 0 heterocycles. The maximum Gasteiger partial charge on any atom is 0.0652 e. The minimum Gasteiger partial charge on any atom is -0.198 e. The summed E-state index contributed by atoms with van der Waals surface area (Å²) in [5.41, 5.74) is 0. The van der Waals surface area contributed by atoms with Gasteiger partial charge < -0.3 is 0 Å². The average molecular weight is 251 g/mol. The Balaban J connectivity index is 3.69. The monoisotopic (exact) mass is 251 g/mol. The van der Waals surface area contributed by atoms with Crippen molar-refractivity contribution in [2.24, 2.45) is 11.8 Å². The lowest BCUT2D eigenvalue weighted by Crippen LogP contribution is -2.06. The van der Waals surface area contributed by atoms with Crippen LogP contribution in [0.3, 0.4) is 0 Å². The van der Waals surface area contributed by atoms with Crippen LogP contribution in [0, 0.1) is 23.2 Å². The number of hydrogen-bond acceptors (Lipinski definition) is 1. The van der Waals surface area contributed by atoms with E-state index in [1.807, 2.05) is 0 Å². The molecule has 0 N–H and O–H groups in total. The Morgan fingerprint density at radius 1 is 0.833 bits per heavy atom. The van der Waals surface area contributed by atoms with Crippen LogP contribution >= 0.6 is 0 Å². The van der Waals surface area contributed by atoms with Crippen molar-refractivity contribution < 1.29 is 0 Å². The van der Waals surface area contributed by atoms with Crippen LogP contribution in [-0.4, -0.2) is 0 Å². The van der Waals surface area contributed by atoms with E-state index in [0.29, 0.717) is 0 Å². The third-order valence-corrected chi connectivity index (χ3v) is 3.84. The van der Waals surface area contributed by atoms with E-state index in [-0.39, 0.29) is 5.92 Å². The number of unbranched alkanes of at least 4 members (excludes halogenated alkanes) is 6. The molecule has 2 unspecified atom stereocenters. The van der Waals surface area contributed by atoms with Crippen LogP contribution in [0.5, 0.6) is 0 Å². The van der Waals surface area contributed by atoms with Crippen LogP contribution in [0.15, 0.2) is 0 Å². The summed E-state index contributed by atoms with van der Waals surface area (Å²) < 4.78 is 0. The zero-order chi connectivity index (χ0) is 13.6. The zero-order valence-electron chi connectivity index (χ0n) is 12.9. The summed E-state index contributed by atoms with van der Waals surface area (Å²) in [7, 11) is 0. The first kappa shape index (κ1) is 17.5. The fourth-order valence-electron chi connectivity index (χ4n) is 2.64. The molecule has 0 amide bonds. The third-order valence-electron chi connectivity index (χ3n) is 3.84. The molecule has 0 spiro atoms. The second-order valence-electron chi connectivity index (χ2n) is 5.83. The molecule has 18 heavy (non-hydrogen) atoms. The van der Waals surface area contributed by atoms with Crippen LogP contribution in [0.1, 0.15) is 91.4 Å². The Bertz CT molecular complexity index is 204. The van der Waals surface area contributed by atoms with Gasteiger partial charge in [-0.3, -0.25) is 0 Å². The molecule has 0 aromatic carbocycles. The van der Waals surface area contributed by atoms with Gasteiger partial charge in [0.15, 0.2) is 0 Å². The zero-order valence-corrected chi connectivity index (χ0v) is 12.9. The van der Waals surface area contributed by atoms with E-state index in [0.717, 1.165) is 12.3 Å². The lowest BCUT2D eigenvalue weighted by atomic mass is 9.87. The summed E-state index contributed by atoms with van der Waals surface area (Å²) in [5, 5.41) is 8.93. The van der Waals surface area contributed by atoms with Gasteiger partial charge in [0.1, 0.15) is 0 Å². The molecule has 0 aliphatic rings. The maximum atomic E-state index is 8.93. The van der Waals surface area contributed by atoms with Gasteiger partial charge in [-0.1, -0.05) is 78.1 Å². The highest BCUT2D eigenvalue weighted by molar-refractivity contribution is 4.80. The molecule has 106 valence electrons. The van der Waals surface area contributed by atoms with E-state index in [2.05, 4.69) is 26.8 Å². The van der Waals surface area contributed by atoms with Crippen molar-refractivity contribution >= 4 is 0 Å². The molecule has 0 saturated carbocycles. The minimum absolute atomic E-state index is 0.243. The molecule has 0 aliphatic heterocycles. The molecule has 0 aliphatic carbocycles. The summed E-state index contributed by atoms with van der Waals surface area (Å²) in [6, 6.07) is 2.39. The average Bonchev–Trinajstić information content (AvgIpc) is 2.39. The molecule has 2 atom stereocenters. The number of hydrogen-bond donors (Lipinski definition) is 0. The number of rotatable bonds is 12. The van der Waals surface area contributed by atoms with E-state index in [1.165, 1.54) is 64.2 Å². The van der Waals surface area contributed by atoms with Crippen molar-refractivity contribution in [2.45, 2.75) is 91.4 Å². The minimum atomic E-state index is 0.243. The summed E-state index contributed by atoms with van der Waals surface area (Å²) >= 11 is 0. The molecule has 1 heteroatoms. The van der Waals surface area contributed by atoms with Gasteiger partial charge in [0.2, 0.25) is 0 Å². The Labute approximate surface area is 115 Å². The summed E-state index contributed by atoms with van der Waals surface area (Å²) in [5.74, 6) is 1.04. The van der Waals surface area contributed by atoms with Gasteiger partial charge in [-0.25, -0.2) is 0 Å². The van der Waals surface area contributed by atoms with Crippen molar-refractivity contribution in [1.29, 1.82) is 5.26 Å². The Hall–Kier alpha value is -0.510. The van der Waals surface area contributed by atoms with E-state index in [9.17, 15) is 0 Å². The lowest BCUT2D eigenvalue weighted by molar-refractivity contribution is 0.359. The van der Waals surface area contributed by atoms with Gasteiger partial charge >= 0.3 is 0 Å². The molecule has 0 fully saturated rings. The topological polar surface area (TPSA) is 23.8 Å². The van der Waals surface area contributed by atoms with Crippen LogP contribution in [0.2, 0.25) is 0 Å². The molecule has 0 aromatic heterocycles. The fraction of sp³-hybridized carbons (Fsp3) is 0.941. The molecule has 1 nitrogen and oxygen atoms in total. The first-order valence-corrected chi connectivity index (χ1v) is 8.14. The SMILES string of the molecule is CCCCCCCCC(CCCC)CC(C)C#N. The number of nitrogens with zero attached hydrogens (tertiary/aromatic N) is 1. The fourth-order valence-corrected chi connectivity index (χ4v) is 2.64. The Morgan fingerprint density at radius 2 is 1.39 bits per heavy atom. The van der Waals surface area contributed by atoms with Crippen molar-refractivity contribution in [1.82, 2.24) is 0 Å². The third kappa shape index (κ3) is 10.6. The van der Waals surface area contributed by atoms with Crippen LogP contribution in [-0.2, 0) is 0 Å². The van der Waals surface area contributed by atoms with Crippen LogP contribution in [0.4, 0.5) is 0 Å². The molecule has 0 rings (SSSR count). The van der Waals surface area contributed by atoms with Crippen LogP contribution in [0.25, 0.3) is 0 Å². The van der Waals surface area contributed by atoms with Gasteiger partial charge in [0, 0.05) is 5.92 Å². The van der Waals surface area contributed by atoms with Crippen molar-refractivity contribution in [3.8, 4) is 6.07 Å². The summed E-state index contributed by atoms with van der Waals surface area (Å²) in [4.78, 5) is 0. The molecular weight excluding hydrogens is 218 g/mol. The van der Waals surface area contributed by atoms with Crippen molar-refractivity contribution in [2.75, 3.05) is 0 Å². The lowest BCUT2D eigenvalue weighted by Gasteiger charge is -2.17. The Kier molecular flexibility index (Phi) is 12.6. The van der Waals surface area contributed by atoms with E-state index >= 15 is 0 Å². The second kappa shape index (κ2) is 12.9. The van der Waals surface area contributed by atoms with Crippen molar-refractivity contribution in [3.05, 3.63) is 0 Å². The van der Waals surface area contributed by atoms with E-state index in [4.69, 9.17) is 5.26 Å². The van der Waals surface area contributed by atoms with Gasteiger partial charge in [0.25, 0.3) is 0 Å². The van der Waals surface area contributed by atoms with Gasteiger partial charge in [-0.2, -0.15) is 5.26 Å². The van der Waals surface area contributed by atoms with Gasteiger partial charge in [-0.15, -0.1) is 0 Å². The molecular formula is C17H33N. The highest BCUT2D eigenvalue weighted by Gasteiger charge is 2.12. The van der Waals surface area contributed by atoms with E-state index < -0.39 is 0 Å². The predicted octanol–water partition coefficient (Wildman–Crippen LogP) is 6.09. The summed E-state index contributed by atoms with van der Waals surface area (Å²) in [6.45, 7) is 6.60. The largest absolute Gasteiger partial charge is 0.198 e.